The summed E-state index contributed by atoms with van der Waals surface area (Å²) in [6.07, 6.45) is 0.396. The Hall–Kier alpha value is -1.24. The minimum atomic E-state index is 0.396. The van der Waals surface area contributed by atoms with Gasteiger partial charge in [0.1, 0.15) is 0 Å². The average molecular weight is 223 g/mol. The van der Waals surface area contributed by atoms with Crippen LogP contribution in [0, 0.1) is 11.3 Å². The van der Waals surface area contributed by atoms with E-state index in [2.05, 4.69) is 6.07 Å². The van der Waals surface area contributed by atoms with Crippen LogP contribution in [0.3, 0.4) is 0 Å². The van der Waals surface area contributed by atoms with Crippen LogP contribution in [0.25, 0.3) is 10.1 Å². The molecule has 0 amide bonds. The average Bonchev–Trinajstić information content (AvgIpc) is 2.53. The maximum atomic E-state index is 8.65. The second-order valence-corrected chi connectivity index (χ2v) is 4.63. The van der Waals surface area contributed by atoms with Crippen molar-refractivity contribution in [1.29, 1.82) is 5.26 Å². The van der Waals surface area contributed by atoms with Crippen LogP contribution in [0.15, 0.2) is 18.2 Å². The molecule has 0 bridgehead atoms. The Morgan fingerprint density at radius 1 is 1.50 bits per heavy atom. The maximum Gasteiger partial charge on any atom is 0.0941 e. The molecule has 0 aliphatic heterocycles. The summed E-state index contributed by atoms with van der Waals surface area (Å²) in [5, 5.41) is 9.60. The summed E-state index contributed by atoms with van der Waals surface area (Å²) in [5.41, 5.74) is 7.51. The summed E-state index contributed by atoms with van der Waals surface area (Å²) in [4.78, 5) is 0. The van der Waals surface area contributed by atoms with Crippen LogP contribution in [0.2, 0.25) is 4.34 Å². The van der Waals surface area contributed by atoms with Crippen molar-refractivity contribution < 1.29 is 0 Å². The van der Waals surface area contributed by atoms with Gasteiger partial charge in [0, 0.05) is 15.8 Å². The lowest BCUT2D eigenvalue weighted by atomic mass is 10.1. The van der Waals surface area contributed by atoms with Crippen LogP contribution in [-0.2, 0) is 6.42 Å². The molecule has 0 aliphatic carbocycles. The van der Waals surface area contributed by atoms with E-state index in [0.29, 0.717) is 16.4 Å². The zero-order valence-electron chi connectivity index (χ0n) is 7.25. The van der Waals surface area contributed by atoms with E-state index in [1.807, 2.05) is 18.2 Å². The molecule has 1 aromatic carbocycles. The van der Waals surface area contributed by atoms with Gasteiger partial charge in [0.2, 0.25) is 0 Å². The van der Waals surface area contributed by atoms with E-state index >= 15 is 0 Å². The van der Waals surface area contributed by atoms with E-state index in [-0.39, 0.29) is 0 Å². The van der Waals surface area contributed by atoms with E-state index in [0.717, 1.165) is 15.6 Å². The number of nitrogens with zero attached hydrogens (tertiary/aromatic N) is 1. The van der Waals surface area contributed by atoms with Crippen molar-refractivity contribution in [2.45, 2.75) is 6.42 Å². The van der Waals surface area contributed by atoms with Crippen LogP contribution < -0.4 is 5.73 Å². The molecule has 2 nitrogen and oxygen atoms in total. The summed E-state index contributed by atoms with van der Waals surface area (Å²) in [5.74, 6) is 0. The van der Waals surface area contributed by atoms with Crippen molar-refractivity contribution >= 4 is 38.7 Å². The number of nitrogen functional groups attached to an aromatic ring is 1. The van der Waals surface area contributed by atoms with Gasteiger partial charge in [0.25, 0.3) is 0 Å². The van der Waals surface area contributed by atoms with Crippen LogP contribution in [0.5, 0.6) is 0 Å². The Bertz CT molecular complexity index is 525. The van der Waals surface area contributed by atoms with E-state index in [1.165, 1.54) is 11.3 Å². The first-order valence-electron chi connectivity index (χ1n) is 4.05. The second kappa shape index (κ2) is 3.49. The van der Waals surface area contributed by atoms with E-state index < -0.39 is 0 Å². The highest BCUT2D eigenvalue weighted by atomic mass is 35.5. The van der Waals surface area contributed by atoms with Crippen molar-refractivity contribution in [1.82, 2.24) is 0 Å². The Morgan fingerprint density at radius 3 is 3.00 bits per heavy atom. The Labute approximate surface area is 90.5 Å². The summed E-state index contributed by atoms with van der Waals surface area (Å²) in [6, 6.07) is 7.67. The van der Waals surface area contributed by atoms with Gasteiger partial charge >= 0.3 is 0 Å². The predicted octanol–water partition coefficient (Wildman–Crippen LogP) is 3.20. The van der Waals surface area contributed by atoms with Gasteiger partial charge in [-0.2, -0.15) is 5.26 Å². The number of nitrogens with two attached hydrogens (primary N) is 1. The molecule has 0 saturated carbocycles. The van der Waals surface area contributed by atoms with E-state index in [9.17, 15) is 0 Å². The van der Waals surface area contributed by atoms with Gasteiger partial charge in [-0.15, -0.1) is 11.3 Å². The van der Waals surface area contributed by atoms with Crippen molar-refractivity contribution in [3.05, 3.63) is 28.1 Å². The largest absolute Gasteiger partial charge is 0.398 e. The SMILES string of the molecule is N#CCc1ccc(N)c2cc(Cl)sc12. The minimum Gasteiger partial charge on any atom is -0.398 e. The smallest absolute Gasteiger partial charge is 0.0941 e. The fraction of sp³-hybridized carbons (Fsp3) is 0.100. The molecule has 0 unspecified atom stereocenters. The first-order chi connectivity index (χ1) is 6.72. The predicted molar refractivity (Wildman–Crippen MR) is 60.6 cm³/mol. The van der Waals surface area contributed by atoms with Gasteiger partial charge in [-0.05, 0) is 17.7 Å². The quantitative estimate of drug-likeness (QED) is 0.754. The lowest BCUT2D eigenvalue weighted by molar-refractivity contribution is 1.29. The highest BCUT2D eigenvalue weighted by Crippen LogP contribution is 2.35. The van der Waals surface area contributed by atoms with Crippen molar-refractivity contribution in [2.24, 2.45) is 0 Å². The fourth-order valence-corrected chi connectivity index (χ4v) is 2.66. The second-order valence-electron chi connectivity index (χ2n) is 2.94. The molecule has 2 N–H and O–H groups in total. The van der Waals surface area contributed by atoms with Crippen LogP contribution in [0.4, 0.5) is 5.69 Å². The Morgan fingerprint density at radius 2 is 2.29 bits per heavy atom. The van der Waals surface area contributed by atoms with E-state index in [4.69, 9.17) is 22.6 Å². The normalized spacial score (nSPS) is 10.3. The van der Waals surface area contributed by atoms with Crippen LogP contribution >= 0.6 is 22.9 Å². The Kier molecular flexibility index (Phi) is 2.32. The molecule has 1 aromatic heterocycles. The van der Waals surface area contributed by atoms with Crippen LogP contribution in [0.1, 0.15) is 5.56 Å². The molecule has 2 aromatic rings. The molecule has 0 aliphatic rings. The number of nitriles is 1. The highest BCUT2D eigenvalue weighted by Gasteiger charge is 2.07. The lowest BCUT2D eigenvalue weighted by Gasteiger charge is -1.99. The van der Waals surface area contributed by atoms with Crippen LogP contribution in [-0.4, -0.2) is 0 Å². The number of benzene rings is 1. The molecule has 0 saturated heterocycles. The zero-order valence-corrected chi connectivity index (χ0v) is 8.82. The minimum absolute atomic E-state index is 0.396. The lowest BCUT2D eigenvalue weighted by Crippen LogP contribution is -1.87. The number of rotatable bonds is 1. The summed E-state index contributed by atoms with van der Waals surface area (Å²) in [7, 11) is 0. The number of thiophene rings is 1. The number of hydrogen-bond acceptors (Lipinski definition) is 3. The van der Waals surface area contributed by atoms with Gasteiger partial charge in [-0.25, -0.2) is 0 Å². The molecular weight excluding hydrogens is 216 g/mol. The molecule has 2 rings (SSSR count). The molecule has 14 heavy (non-hydrogen) atoms. The standard InChI is InChI=1S/C10H7ClN2S/c11-9-5-7-8(13)2-1-6(3-4-12)10(7)14-9/h1-2,5H,3,13H2. The van der Waals surface area contributed by atoms with Gasteiger partial charge in [-0.3, -0.25) is 0 Å². The third-order valence-corrected chi connectivity index (χ3v) is 3.38. The first-order valence-corrected chi connectivity index (χ1v) is 5.25. The van der Waals surface area contributed by atoms with Gasteiger partial charge in [0.15, 0.2) is 0 Å². The fourth-order valence-electron chi connectivity index (χ4n) is 1.39. The molecular formula is C10H7ClN2S. The third-order valence-electron chi connectivity index (χ3n) is 2.04. The number of anilines is 1. The maximum absolute atomic E-state index is 8.65. The van der Waals surface area contributed by atoms with Crippen molar-refractivity contribution in [2.75, 3.05) is 5.73 Å². The van der Waals surface area contributed by atoms with Gasteiger partial charge in [-0.1, -0.05) is 17.7 Å². The number of hydrogen-bond donors (Lipinski definition) is 1. The number of halogens is 1. The van der Waals surface area contributed by atoms with Gasteiger partial charge in [0.05, 0.1) is 16.8 Å². The molecule has 0 spiro atoms. The molecule has 0 fully saturated rings. The molecule has 1 heterocycles. The molecule has 4 heteroatoms. The topological polar surface area (TPSA) is 49.8 Å². The zero-order chi connectivity index (χ0) is 10.1. The Balaban J connectivity index is 2.75. The molecule has 0 atom stereocenters. The summed E-state index contributed by atoms with van der Waals surface area (Å²) in [6.45, 7) is 0. The molecule has 0 radical (unpaired) electrons. The highest BCUT2D eigenvalue weighted by molar-refractivity contribution is 7.22. The summed E-state index contributed by atoms with van der Waals surface area (Å²) < 4.78 is 1.73. The van der Waals surface area contributed by atoms with E-state index in [1.54, 1.807) is 0 Å². The molecule has 70 valence electrons. The number of fused-ring (bicyclic) bond motifs is 1. The van der Waals surface area contributed by atoms with Crippen molar-refractivity contribution in [3.63, 3.8) is 0 Å². The van der Waals surface area contributed by atoms with Gasteiger partial charge < -0.3 is 5.73 Å². The van der Waals surface area contributed by atoms with Crippen molar-refractivity contribution in [3.8, 4) is 6.07 Å². The monoisotopic (exact) mass is 222 g/mol. The summed E-state index contributed by atoms with van der Waals surface area (Å²) >= 11 is 7.37. The third kappa shape index (κ3) is 1.43. The first kappa shape index (κ1) is 9.32.